The zero-order chi connectivity index (χ0) is 24.0. The number of rotatable bonds is 5. The number of carbonyl (C=O) groups is 1. The van der Waals surface area contributed by atoms with Crippen LogP contribution in [0, 0.1) is 11.3 Å². The van der Waals surface area contributed by atoms with Gasteiger partial charge in [-0.3, -0.25) is 4.79 Å². The number of β-amino-alcohol motifs (C(OH)–C–C–N with tert-alkyl or cyclic N) is 1. The third-order valence-corrected chi connectivity index (χ3v) is 7.22. The molecule has 2 aliphatic rings. The first kappa shape index (κ1) is 22.2. The lowest BCUT2D eigenvalue weighted by molar-refractivity contribution is -0.116. The molecule has 1 atom stereocenters. The number of nitrogens with zero attached hydrogens (tertiary/aromatic N) is 7. The third kappa shape index (κ3) is 3.57. The number of anilines is 5. The standard InChI is InChI=1S/C22H25N9O2S/c1-2-3-6-14-28-29-22(34-14)31-15(33)8-12-16-13(9-23)20(30-7-4-5-11(32)10-30)26-18(24)17(16)19(25)27-21(12)31/h11,32H,2-8,10H2,1H3,(H2,24,26)(H2,25,27)/t11-/m0/s1. The Morgan fingerprint density at radius 3 is 2.68 bits per heavy atom. The van der Waals surface area contributed by atoms with Crippen LogP contribution in [0.4, 0.5) is 28.4 Å². The molecule has 3 aromatic heterocycles. The summed E-state index contributed by atoms with van der Waals surface area (Å²) in [5.41, 5.74) is 13.4. The summed E-state index contributed by atoms with van der Waals surface area (Å²) in [7, 11) is 0. The van der Waals surface area contributed by atoms with Crippen LogP contribution in [0.15, 0.2) is 0 Å². The number of pyridine rings is 2. The smallest absolute Gasteiger partial charge is 0.239 e. The number of nitrogen functional groups attached to an aromatic ring is 2. The summed E-state index contributed by atoms with van der Waals surface area (Å²) >= 11 is 1.35. The molecule has 0 spiro atoms. The molecule has 11 nitrogen and oxygen atoms in total. The maximum Gasteiger partial charge on any atom is 0.239 e. The molecule has 5 heterocycles. The van der Waals surface area contributed by atoms with Crippen molar-refractivity contribution < 1.29 is 9.90 Å². The first-order valence-corrected chi connectivity index (χ1v) is 12.1. The van der Waals surface area contributed by atoms with Crippen LogP contribution >= 0.6 is 11.3 Å². The first-order chi connectivity index (χ1) is 16.4. The SMILES string of the molecule is CCCCc1nnc(N2C(=O)Cc3c2nc(N)c2c(N)nc(N4CCC[C@H](O)C4)c(C#N)c32)s1. The van der Waals surface area contributed by atoms with Crippen molar-refractivity contribution in [2.45, 2.75) is 51.6 Å². The molecule has 1 amide bonds. The fraction of sp³-hybridized carbons (Fsp3) is 0.455. The van der Waals surface area contributed by atoms with E-state index >= 15 is 0 Å². The highest BCUT2D eigenvalue weighted by molar-refractivity contribution is 7.15. The van der Waals surface area contributed by atoms with Crippen molar-refractivity contribution in [3.8, 4) is 6.07 Å². The van der Waals surface area contributed by atoms with E-state index in [1.54, 1.807) is 0 Å². The number of aliphatic hydroxyl groups excluding tert-OH is 1. The van der Waals surface area contributed by atoms with Crippen LogP contribution in [-0.2, 0) is 17.6 Å². The van der Waals surface area contributed by atoms with E-state index in [9.17, 15) is 15.2 Å². The Kier molecular flexibility index (Phi) is 5.66. The molecule has 12 heteroatoms. The topological polar surface area (TPSA) is 171 Å². The number of piperidine rings is 1. The Hall–Kier alpha value is -3.56. The monoisotopic (exact) mass is 479 g/mol. The minimum absolute atomic E-state index is 0.0309. The van der Waals surface area contributed by atoms with E-state index in [2.05, 4.69) is 33.2 Å². The van der Waals surface area contributed by atoms with Crippen molar-refractivity contribution in [3.05, 3.63) is 16.1 Å². The number of aromatic nitrogens is 4. The molecule has 5 rings (SSSR count). The molecule has 1 fully saturated rings. The zero-order valence-electron chi connectivity index (χ0n) is 18.8. The Labute approximate surface area is 200 Å². The van der Waals surface area contributed by atoms with Gasteiger partial charge in [0.05, 0.1) is 17.9 Å². The Bertz CT molecular complexity index is 1330. The van der Waals surface area contributed by atoms with Crippen molar-refractivity contribution in [2.75, 3.05) is 34.4 Å². The molecule has 2 aliphatic heterocycles. The number of carbonyl (C=O) groups excluding carboxylic acids is 1. The third-order valence-electron chi connectivity index (χ3n) is 6.25. The van der Waals surface area contributed by atoms with Crippen LogP contribution in [0.25, 0.3) is 10.8 Å². The van der Waals surface area contributed by atoms with Crippen molar-refractivity contribution in [1.29, 1.82) is 5.26 Å². The average Bonchev–Trinajstić information content (AvgIpc) is 3.40. The highest BCUT2D eigenvalue weighted by Gasteiger charge is 2.37. The quantitative estimate of drug-likeness (QED) is 0.492. The Balaban J connectivity index is 1.68. The van der Waals surface area contributed by atoms with Crippen LogP contribution in [0.2, 0.25) is 0 Å². The fourth-order valence-corrected chi connectivity index (χ4v) is 5.55. The molecule has 34 heavy (non-hydrogen) atoms. The van der Waals surface area contributed by atoms with Crippen molar-refractivity contribution >= 4 is 56.4 Å². The van der Waals surface area contributed by atoms with Gasteiger partial charge in [0.15, 0.2) is 0 Å². The number of aliphatic hydroxyl groups is 1. The Morgan fingerprint density at radius 2 is 1.97 bits per heavy atom. The lowest BCUT2D eigenvalue weighted by atomic mass is 9.99. The maximum absolute atomic E-state index is 13.1. The molecule has 0 aromatic carbocycles. The number of unbranched alkanes of at least 4 members (excludes halogenated alkanes) is 1. The normalized spacial score (nSPS) is 17.9. The summed E-state index contributed by atoms with van der Waals surface area (Å²) in [6, 6.07) is 2.25. The van der Waals surface area contributed by atoms with E-state index in [0.29, 0.717) is 52.6 Å². The molecule has 3 aromatic rings. The van der Waals surface area contributed by atoms with Crippen molar-refractivity contribution in [1.82, 2.24) is 20.2 Å². The van der Waals surface area contributed by atoms with E-state index in [1.165, 1.54) is 16.2 Å². The molecule has 5 N–H and O–H groups in total. The minimum Gasteiger partial charge on any atom is -0.391 e. The lowest BCUT2D eigenvalue weighted by Crippen LogP contribution is -2.39. The Morgan fingerprint density at radius 1 is 1.21 bits per heavy atom. The number of hydrogen-bond donors (Lipinski definition) is 3. The highest BCUT2D eigenvalue weighted by Crippen LogP contribution is 2.44. The summed E-state index contributed by atoms with van der Waals surface area (Å²) in [5, 5.41) is 30.9. The number of fused-ring (bicyclic) bond motifs is 3. The second kappa shape index (κ2) is 8.66. The van der Waals surface area contributed by atoms with Gasteiger partial charge in [-0.1, -0.05) is 24.7 Å². The molecule has 1 saturated heterocycles. The first-order valence-electron chi connectivity index (χ1n) is 11.3. The molecular weight excluding hydrogens is 454 g/mol. The summed E-state index contributed by atoms with van der Waals surface area (Å²) in [4.78, 5) is 25.4. The van der Waals surface area contributed by atoms with E-state index in [4.69, 9.17) is 11.5 Å². The molecule has 0 saturated carbocycles. The largest absolute Gasteiger partial charge is 0.391 e. The van der Waals surface area contributed by atoms with E-state index in [1.807, 2.05) is 4.90 Å². The second-order valence-corrected chi connectivity index (χ2v) is 9.63. The van der Waals surface area contributed by atoms with Crippen molar-refractivity contribution in [2.24, 2.45) is 0 Å². The van der Waals surface area contributed by atoms with Gasteiger partial charge in [-0.15, -0.1) is 10.2 Å². The van der Waals surface area contributed by atoms with Gasteiger partial charge in [-0.05, 0) is 19.3 Å². The summed E-state index contributed by atoms with van der Waals surface area (Å²) in [6.07, 6.45) is 3.80. The van der Waals surface area contributed by atoms with Gasteiger partial charge >= 0.3 is 0 Å². The van der Waals surface area contributed by atoms with E-state index in [-0.39, 0.29) is 29.5 Å². The van der Waals surface area contributed by atoms with Gasteiger partial charge in [0.1, 0.15) is 39.9 Å². The average molecular weight is 480 g/mol. The lowest BCUT2D eigenvalue weighted by Gasteiger charge is -2.32. The van der Waals surface area contributed by atoms with Crippen LogP contribution < -0.4 is 21.3 Å². The molecule has 0 bridgehead atoms. The minimum atomic E-state index is -0.511. The zero-order valence-corrected chi connectivity index (χ0v) is 19.6. The van der Waals surface area contributed by atoms with Gasteiger partial charge in [0.25, 0.3) is 0 Å². The maximum atomic E-state index is 13.1. The molecule has 0 aliphatic carbocycles. The van der Waals surface area contributed by atoms with Crippen LogP contribution in [0.3, 0.4) is 0 Å². The number of amides is 1. The van der Waals surface area contributed by atoms with E-state index < -0.39 is 6.10 Å². The molecule has 0 unspecified atom stereocenters. The second-order valence-electron chi connectivity index (χ2n) is 8.59. The number of aryl methyl sites for hydroxylation is 1. The molecule has 176 valence electrons. The van der Waals surface area contributed by atoms with Crippen LogP contribution in [0.1, 0.15) is 48.7 Å². The molecule has 0 radical (unpaired) electrons. The number of nitrogens with two attached hydrogens (primary N) is 2. The summed E-state index contributed by atoms with van der Waals surface area (Å²) < 4.78 is 0. The summed E-state index contributed by atoms with van der Waals surface area (Å²) in [5.74, 6) is 0.751. The predicted molar refractivity (Wildman–Crippen MR) is 130 cm³/mol. The van der Waals surface area contributed by atoms with Gasteiger partial charge in [-0.2, -0.15) is 5.26 Å². The number of hydrogen-bond acceptors (Lipinski definition) is 11. The van der Waals surface area contributed by atoms with Crippen LogP contribution in [-0.4, -0.2) is 50.4 Å². The van der Waals surface area contributed by atoms with E-state index in [0.717, 1.165) is 30.7 Å². The van der Waals surface area contributed by atoms with Gasteiger partial charge in [-0.25, -0.2) is 14.9 Å². The van der Waals surface area contributed by atoms with Gasteiger partial charge in [0, 0.05) is 30.5 Å². The highest BCUT2D eigenvalue weighted by atomic mass is 32.1. The van der Waals surface area contributed by atoms with Gasteiger partial charge in [0.2, 0.25) is 11.0 Å². The number of nitriles is 1. The predicted octanol–water partition coefficient (Wildman–Crippen LogP) is 2.04. The summed E-state index contributed by atoms with van der Waals surface area (Å²) in [6.45, 7) is 3.10. The fourth-order valence-electron chi connectivity index (χ4n) is 4.65. The van der Waals surface area contributed by atoms with Gasteiger partial charge < -0.3 is 21.5 Å². The van der Waals surface area contributed by atoms with Crippen LogP contribution in [0.5, 0.6) is 0 Å². The van der Waals surface area contributed by atoms with Crippen molar-refractivity contribution in [3.63, 3.8) is 0 Å². The molecular formula is C22H25N9O2S.